The summed E-state index contributed by atoms with van der Waals surface area (Å²) in [5, 5.41) is 2.70. The highest BCUT2D eigenvalue weighted by molar-refractivity contribution is 5.94. The first-order valence-electron chi connectivity index (χ1n) is 7.76. The van der Waals surface area contributed by atoms with Crippen LogP contribution in [0.15, 0.2) is 42.6 Å². The van der Waals surface area contributed by atoms with E-state index < -0.39 is 6.61 Å². The monoisotopic (exact) mass is 348 g/mol. The van der Waals surface area contributed by atoms with E-state index in [0.29, 0.717) is 23.2 Å². The van der Waals surface area contributed by atoms with Crippen LogP contribution in [0.3, 0.4) is 0 Å². The summed E-state index contributed by atoms with van der Waals surface area (Å²) in [6, 6.07) is 9.23. The molecule has 0 atom stereocenters. The van der Waals surface area contributed by atoms with Gasteiger partial charge in [-0.25, -0.2) is 0 Å². The Balaban J connectivity index is 1.98. The second-order valence-corrected chi connectivity index (χ2v) is 5.31. The van der Waals surface area contributed by atoms with Crippen molar-refractivity contribution >= 4 is 11.7 Å². The Morgan fingerprint density at radius 2 is 2.04 bits per heavy atom. The number of ketones is 1. The smallest absolute Gasteiger partial charge is 0.387 e. The number of hydrogen-bond donors (Lipinski definition) is 1. The third kappa shape index (κ3) is 5.95. The van der Waals surface area contributed by atoms with Crippen LogP contribution in [-0.2, 0) is 17.8 Å². The molecule has 1 aromatic carbocycles. The van der Waals surface area contributed by atoms with Gasteiger partial charge >= 0.3 is 6.61 Å². The van der Waals surface area contributed by atoms with Gasteiger partial charge in [0.25, 0.3) is 5.91 Å². The van der Waals surface area contributed by atoms with Gasteiger partial charge < -0.3 is 10.1 Å². The molecule has 1 aromatic heterocycles. The minimum Gasteiger partial charge on any atom is -0.435 e. The third-order valence-electron chi connectivity index (χ3n) is 3.43. The number of carbonyl (C=O) groups excluding carboxylic acids is 2. The van der Waals surface area contributed by atoms with E-state index in [2.05, 4.69) is 15.0 Å². The molecule has 132 valence electrons. The van der Waals surface area contributed by atoms with Gasteiger partial charge in [-0.15, -0.1) is 0 Å². The Bertz CT molecular complexity index is 751. The molecule has 2 rings (SSSR count). The molecule has 0 fully saturated rings. The number of benzene rings is 1. The summed E-state index contributed by atoms with van der Waals surface area (Å²) >= 11 is 0. The quantitative estimate of drug-likeness (QED) is 0.796. The van der Waals surface area contributed by atoms with Crippen LogP contribution < -0.4 is 10.1 Å². The molecule has 7 heteroatoms. The van der Waals surface area contributed by atoms with Gasteiger partial charge in [0.1, 0.15) is 11.5 Å². The van der Waals surface area contributed by atoms with Crippen molar-refractivity contribution in [1.29, 1.82) is 0 Å². The van der Waals surface area contributed by atoms with Crippen LogP contribution in [0.1, 0.15) is 35.0 Å². The van der Waals surface area contributed by atoms with Crippen molar-refractivity contribution < 1.29 is 23.1 Å². The molecule has 0 aliphatic heterocycles. The molecule has 1 heterocycles. The number of pyridine rings is 1. The fourth-order valence-corrected chi connectivity index (χ4v) is 2.16. The summed E-state index contributed by atoms with van der Waals surface area (Å²) in [7, 11) is 0. The predicted molar refractivity (Wildman–Crippen MR) is 87.5 cm³/mol. The van der Waals surface area contributed by atoms with Gasteiger partial charge in [0.2, 0.25) is 0 Å². The average Bonchev–Trinajstić information content (AvgIpc) is 2.59. The number of nitrogens with one attached hydrogen (secondary N) is 1. The maximum absolute atomic E-state index is 12.2. The van der Waals surface area contributed by atoms with Gasteiger partial charge in [-0.2, -0.15) is 8.78 Å². The molecule has 1 N–H and O–H groups in total. The van der Waals surface area contributed by atoms with Crippen LogP contribution in [-0.4, -0.2) is 23.3 Å². The number of aromatic nitrogens is 1. The minimum atomic E-state index is -2.90. The van der Waals surface area contributed by atoms with Crippen molar-refractivity contribution in [2.24, 2.45) is 0 Å². The fraction of sp³-hybridized carbons (Fsp3) is 0.278. The first-order chi connectivity index (χ1) is 12.0. The van der Waals surface area contributed by atoms with E-state index in [1.807, 2.05) is 0 Å². The van der Waals surface area contributed by atoms with Crippen molar-refractivity contribution in [1.82, 2.24) is 10.3 Å². The number of rotatable bonds is 8. The maximum atomic E-state index is 12.2. The number of halogens is 2. The van der Waals surface area contributed by atoms with Gasteiger partial charge in [0.05, 0.1) is 0 Å². The fourth-order valence-electron chi connectivity index (χ4n) is 2.16. The van der Waals surface area contributed by atoms with Crippen LogP contribution in [0.2, 0.25) is 0 Å². The molecule has 0 saturated carbocycles. The highest BCUT2D eigenvalue weighted by atomic mass is 19.3. The number of Topliss-reactive ketones (excluding diaryl/α,β-unsaturated/α-hetero) is 1. The summed E-state index contributed by atoms with van der Waals surface area (Å²) in [5.41, 5.74) is 1.54. The maximum Gasteiger partial charge on any atom is 0.387 e. The van der Waals surface area contributed by atoms with Gasteiger partial charge in [-0.1, -0.05) is 19.1 Å². The Morgan fingerprint density at radius 3 is 2.76 bits per heavy atom. The lowest BCUT2D eigenvalue weighted by atomic mass is 10.1. The largest absolute Gasteiger partial charge is 0.435 e. The second kappa shape index (κ2) is 8.86. The Kier molecular flexibility index (Phi) is 6.56. The van der Waals surface area contributed by atoms with E-state index in [4.69, 9.17) is 0 Å². The van der Waals surface area contributed by atoms with E-state index in [9.17, 15) is 18.4 Å². The number of alkyl halides is 2. The molecule has 0 bridgehead atoms. The van der Waals surface area contributed by atoms with Gasteiger partial charge in [0, 0.05) is 36.8 Å². The predicted octanol–water partition coefficient (Wildman–Crippen LogP) is 3.13. The van der Waals surface area contributed by atoms with E-state index in [1.54, 1.807) is 31.2 Å². The molecule has 0 aliphatic carbocycles. The number of hydrogen-bond acceptors (Lipinski definition) is 4. The molecule has 0 radical (unpaired) electrons. The zero-order valence-corrected chi connectivity index (χ0v) is 13.7. The SMILES string of the molecule is CCC(=O)Cc1cc(C(=O)NCc2cccc(OC(F)F)c2)ccn1. The summed E-state index contributed by atoms with van der Waals surface area (Å²) in [6.45, 7) is -0.971. The molecule has 0 aliphatic rings. The summed E-state index contributed by atoms with van der Waals surface area (Å²) in [6.07, 6.45) is 2.07. The van der Waals surface area contributed by atoms with Crippen LogP contribution in [0.25, 0.3) is 0 Å². The zero-order valence-electron chi connectivity index (χ0n) is 13.7. The Morgan fingerprint density at radius 1 is 1.24 bits per heavy atom. The molecule has 1 amide bonds. The first-order valence-corrected chi connectivity index (χ1v) is 7.76. The molecule has 25 heavy (non-hydrogen) atoms. The van der Waals surface area contributed by atoms with Crippen LogP contribution in [0.4, 0.5) is 8.78 Å². The summed E-state index contributed by atoms with van der Waals surface area (Å²) < 4.78 is 28.8. The van der Waals surface area contributed by atoms with E-state index >= 15 is 0 Å². The van der Waals surface area contributed by atoms with Crippen LogP contribution in [0.5, 0.6) is 5.75 Å². The van der Waals surface area contributed by atoms with Crippen molar-refractivity contribution in [3.8, 4) is 5.75 Å². The lowest BCUT2D eigenvalue weighted by Crippen LogP contribution is -2.23. The summed E-state index contributed by atoms with van der Waals surface area (Å²) in [5.74, 6) is -0.264. The zero-order chi connectivity index (χ0) is 18.2. The number of carbonyl (C=O) groups is 2. The van der Waals surface area contributed by atoms with Crippen LogP contribution >= 0.6 is 0 Å². The number of nitrogens with zero attached hydrogens (tertiary/aromatic N) is 1. The highest BCUT2D eigenvalue weighted by Gasteiger charge is 2.10. The van der Waals surface area contributed by atoms with Gasteiger partial charge in [0.15, 0.2) is 0 Å². The van der Waals surface area contributed by atoms with Crippen molar-refractivity contribution in [2.75, 3.05) is 0 Å². The van der Waals surface area contributed by atoms with E-state index in [1.165, 1.54) is 18.3 Å². The van der Waals surface area contributed by atoms with Gasteiger partial charge in [-0.3, -0.25) is 14.6 Å². The summed E-state index contributed by atoms with van der Waals surface area (Å²) in [4.78, 5) is 27.8. The van der Waals surface area contributed by atoms with E-state index in [-0.39, 0.29) is 30.4 Å². The standard InChI is InChI=1S/C18H18F2N2O3/c1-2-15(23)10-14-9-13(6-7-21-14)17(24)22-11-12-4-3-5-16(8-12)25-18(19)20/h3-9,18H,2,10-11H2,1H3,(H,22,24). The van der Waals surface area contributed by atoms with Crippen molar-refractivity contribution in [2.45, 2.75) is 32.9 Å². The highest BCUT2D eigenvalue weighted by Crippen LogP contribution is 2.16. The molecule has 2 aromatic rings. The number of amides is 1. The minimum absolute atomic E-state index is 0.0334. The first kappa shape index (κ1) is 18.5. The third-order valence-corrected chi connectivity index (χ3v) is 3.43. The van der Waals surface area contributed by atoms with Crippen molar-refractivity contribution in [3.05, 3.63) is 59.4 Å². The van der Waals surface area contributed by atoms with Gasteiger partial charge in [-0.05, 0) is 29.8 Å². The van der Waals surface area contributed by atoms with Crippen LogP contribution in [0, 0.1) is 0 Å². The topological polar surface area (TPSA) is 68.3 Å². The Hall–Kier alpha value is -2.83. The van der Waals surface area contributed by atoms with E-state index in [0.717, 1.165) is 0 Å². The normalized spacial score (nSPS) is 10.6. The lowest BCUT2D eigenvalue weighted by Gasteiger charge is -2.09. The molecular formula is C18H18F2N2O3. The van der Waals surface area contributed by atoms with Crippen molar-refractivity contribution in [3.63, 3.8) is 0 Å². The number of ether oxygens (including phenoxy) is 1. The lowest BCUT2D eigenvalue weighted by molar-refractivity contribution is -0.118. The molecular weight excluding hydrogens is 330 g/mol. The molecule has 0 spiro atoms. The molecule has 5 nitrogen and oxygen atoms in total. The Labute approximate surface area is 144 Å². The molecule has 0 unspecified atom stereocenters. The second-order valence-electron chi connectivity index (χ2n) is 5.31. The average molecular weight is 348 g/mol. The molecule has 0 saturated heterocycles.